The van der Waals surface area contributed by atoms with Crippen molar-refractivity contribution in [3.05, 3.63) is 24.0 Å². The normalized spacial score (nSPS) is 36.5. The van der Waals surface area contributed by atoms with Gasteiger partial charge in [-0.3, -0.25) is 0 Å². The van der Waals surface area contributed by atoms with Crippen molar-refractivity contribution in [2.45, 2.75) is 43.9 Å². The highest BCUT2D eigenvalue weighted by Gasteiger charge is 2.48. The fourth-order valence-electron chi connectivity index (χ4n) is 2.98. The monoisotopic (exact) mass is 223 g/mol. The Hall–Kier alpha value is -0.880. The van der Waals surface area contributed by atoms with E-state index in [2.05, 4.69) is 4.98 Å². The summed E-state index contributed by atoms with van der Waals surface area (Å²) in [5.41, 5.74) is 0.833. The van der Waals surface area contributed by atoms with Gasteiger partial charge in [-0.2, -0.15) is 10.1 Å². The van der Waals surface area contributed by atoms with Crippen LogP contribution in [0.15, 0.2) is 18.3 Å². The summed E-state index contributed by atoms with van der Waals surface area (Å²) in [6.07, 6.45) is 5.53. The Labute approximate surface area is 94.2 Å². The number of hydroxylamine groups is 4. The van der Waals surface area contributed by atoms with Crippen molar-refractivity contribution in [3.8, 4) is 0 Å². The van der Waals surface area contributed by atoms with Gasteiger partial charge in [-0.15, -0.1) is 0 Å². The maximum absolute atomic E-state index is 10.1. The van der Waals surface area contributed by atoms with Gasteiger partial charge in [0.1, 0.15) is 0 Å². The molecule has 2 aliphatic rings. The Morgan fingerprint density at radius 2 is 1.75 bits per heavy atom. The molecule has 1 aliphatic carbocycles. The molecule has 3 rings (SSSR count). The Kier molecular flexibility index (Phi) is 2.48. The lowest BCUT2D eigenvalue weighted by Crippen LogP contribution is -2.37. The first-order valence-corrected chi connectivity index (χ1v) is 5.87. The van der Waals surface area contributed by atoms with E-state index in [1.54, 1.807) is 6.20 Å². The molecule has 2 heterocycles. The first-order valence-electron chi connectivity index (χ1n) is 5.87. The highest BCUT2D eigenvalue weighted by molar-refractivity contribution is 5.11. The van der Waals surface area contributed by atoms with Crippen LogP contribution < -0.4 is 0 Å². The van der Waals surface area contributed by atoms with Crippen molar-refractivity contribution >= 4 is 0 Å². The molecule has 0 aromatic carbocycles. The van der Waals surface area contributed by atoms with Crippen molar-refractivity contribution in [1.82, 2.24) is 15.1 Å². The second-order valence-electron chi connectivity index (χ2n) is 4.68. The van der Waals surface area contributed by atoms with Crippen molar-refractivity contribution in [3.63, 3.8) is 0 Å². The lowest BCUT2D eigenvalue weighted by molar-refractivity contribution is -0.212. The number of rotatable bonds is 1. The lowest BCUT2D eigenvalue weighted by atomic mass is 9.91. The first kappa shape index (κ1) is 10.3. The second-order valence-corrected chi connectivity index (χ2v) is 4.68. The zero-order valence-electron chi connectivity index (χ0n) is 9.08. The van der Waals surface area contributed by atoms with E-state index < -0.39 is 6.17 Å². The van der Waals surface area contributed by atoms with E-state index in [0.717, 1.165) is 31.4 Å². The summed E-state index contributed by atoms with van der Waals surface area (Å²) in [7, 11) is 0. The van der Waals surface area contributed by atoms with Gasteiger partial charge in [0.15, 0.2) is 6.17 Å². The third kappa shape index (κ3) is 1.40. The quantitative estimate of drug-likeness (QED) is 0.678. The Morgan fingerprint density at radius 1 is 1.12 bits per heavy atom. The minimum absolute atomic E-state index is 0.0621. The van der Waals surface area contributed by atoms with Gasteiger partial charge in [0.25, 0.3) is 0 Å². The molecule has 1 aromatic rings. The predicted molar refractivity (Wildman–Crippen MR) is 56.8 cm³/mol. The molecule has 1 aromatic heterocycles. The van der Waals surface area contributed by atoms with Crippen molar-refractivity contribution in [2.24, 2.45) is 0 Å². The summed E-state index contributed by atoms with van der Waals surface area (Å²) in [6.45, 7) is 0. The van der Waals surface area contributed by atoms with Crippen LogP contribution in [0, 0.1) is 0 Å². The van der Waals surface area contributed by atoms with E-state index >= 15 is 0 Å². The number of hydrogen-bond donors (Lipinski definition) is 3. The zero-order chi connectivity index (χ0) is 11.1. The van der Waals surface area contributed by atoms with Crippen LogP contribution in [0.2, 0.25) is 0 Å². The molecule has 2 fully saturated rings. The highest BCUT2D eigenvalue weighted by atomic mass is 16.6. The fourth-order valence-corrected chi connectivity index (χ4v) is 2.98. The van der Waals surface area contributed by atoms with Crippen LogP contribution in [0.5, 0.6) is 0 Å². The topological polar surface area (TPSA) is 62.7 Å². The summed E-state index contributed by atoms with van der Waals surface area (Å²) < 4.78 is 0. The predicted octanol–water partition coefficient (Wildman–Crippen LogP) is 1.72. The number of aromatic nitrogens is 1. The second kappa shape index (κ2) is 3.85. The maximum Gasteiger partial charge on any atom is 0.150 e. The van der Waals surface area contributed by atoms with Crippen LogP contribution in [-0.2, 0) is 0 Å². The SMILES string of the molecule is ON1C(c2ccc[nH]2)N(O)[C@H]2CCCC[C@H]21. The molecule has 5 nitrogen and oxygen atoms in total. The molecule has 1 aliphatic heterocycles. The standard InChI is InChI=1S/C11H17N3O2/c15-13-9-5-1-2-6-10(9)14(16)11(13)8-4-3-7-12-8/h3-4,7,9-12,15-16H,1-2,5-6H2/t9-,10+,11?. The molecule has 0 spiro atoms. The molecule has 3 atom stereocenters. The molecular formula is C11H17N3O2. The van der Waals surface area contributed by atoms with Crippen LogP contribution in [0.1, 0.15) is 37.5 Å². The molecule has 0 bridgehead atoms. The van der Waals surface area contributed by atoms with Gasteiger partial charge in [-0.25, -0.2) is 0 Å². The van der Waals surface area contributed by atoms with Gasteiger partial charge >= 0.3 is 0 Å². The van der Waals surface area contributed by atoms with E-state index in [1.165, 1.54) is 10.1 Å². The molecule has 0 amide bonds. The zero-order valence-corrected chi connectivity index (χ0v) is 9.08. The summed E-state index contributed by atoms with van der Waals surface area (Å²) >= 11 is 0. The molecular weight excluding hydrogens is 206 g/mol. The third-order valence-corrected chi connectivity index (χ3v) is 3.77. The molecule has 1 saturated carbocycles. The van der Waals surface area contributed by atoms with E-state index in [-0.39, 0.29) is 12.1 Å². The fraction of sp³-hybridized carbons (Fsp3) is 0.636. The average molecular weight is 223 g/mol. The number of nitrogens with zero attached hydrogens (tertiary/aromatic N) is 2. The average Bonchev–Trinajstić information content (AvgIpc) is 2.89. The van der Waals surface area contributed by atoms with Crippen LogP contribution in [-0.4, -0.2) is 37.6 Å². The van der Waals surface area contributed by atoms with E-state index in [4.69, 9.17) is 0 Å². The van der Waals surface area contributed by atoms with Crippen molar-refractivity contribution < 1.29 is 10.4 Å². The van der Waals surface area contributed by atoms with Crippen LogP contribution >= 0.6 is 0 Å². The summed E-state index contributed by atoms with van der Waals surface area (Å²) in [5, 5.41) is 22.9. The first-order chi connectivity index (χ1) is 7.79. The number of nitrogens with one attached hydrogen (secondary N) is 1. The maximum atomic E-state index is 10.1. The van der Waals surface area contributed by atoms with Crippen LogP contribution in [0.25, 0.3) is 0 Å². The smallest absolute Gasteiger partial charge is 0.150 e. The van der Waals surface area contributed by atoms with Crippen LogP contribution in [0.4, 0.5) is 0 Å². The third-order valence-electron chi connectivity index (χ3n) is 3.77. The molecule has 3 N–H and O–H groups in total. The lowest BCUT2D eigenvalue weighted by Gasteiger charge is -2.27. The summed E-state index contributed by atoms with van der Waals surface area (Å²) in [4.78, 5) is 3.05. The molecule has 16 heavy (non-hydrogen) atoms. The Balaban J connectivity index is 1.90. The number of fused-ring (bicyclic) bond motifs is 1. The number of aromatic amines is 1. The van der Waals surface area contributed by atoms with Crippen molar-refractivity contribution in [2.75, 3.05) is 0 Å². The number of hydrogen-bond acceptors (Lipinski definition) is 4. The van der Waals surface area contributed by atoms with Gasteiger partial charge in [0.2, 0.25) is 0 Å². The van der Waals surface area contributed by atoms with Gasteiger partial charge in [-0.05, 0) is 25.0 Å². The van der Waals surface area contributed by atoms with Crippen molar-refractivity contribution in [1.29, 1.82) is 0 Å². The van der Waals surface area contributed by atoms with Crippen LogP contribution in [0.3, 0.4) is 0 Å². The molecule has 0 radical (unpaired) electrons. The van der Waals surface area contributed by atoms with E-state index in [9.17, 15) is 10.4 Å². The van der Waals surface area contributed by atoms with Gasteiger partial charge < -0.3 is 15.4 Å². The largest absolute Gasteiger partial charge is 0.362 e. The van der Waals surface area contributed by atoms with E-state index in [1.807, 2.05) is 12.1 Å². The molecule has 88 valence electrons. The molecule has 1 saturated heterocycles. The summed E-state index contributed by atoms with van der Waals surface area (Å²) in [6, 6.07) is 3.88. The molecule has 5 heteroatoms. The molecule has 1 unspecified atom stereocenters. The van der Waals surface area contributed by atoms with Gasteiger partial charge in [0, 0.05) is 6.20 Å². The van der Waals surface area contributed by atoms with E-state index in [0.29, 0.717) is 0 Å². The van der Waals surface area contributed by atoms with Gasteiger partial charge in [-0.1, -0.05) is 12.8 Å². The highest BCUT2D eigenvalue weighted by Crippen LogP contribution is 2.40. The minimum Gasteiger partial charge on any atom is -0.362 e. The Bertz CT molecular complexity index is 336. The minimum atomic E-state index is -0.442. The van der Waals surface area contributed by atoms with Gasteiger partial charge in [0.05, 0.1) is 17.8 Å². The summed E-state index contributed by atoms with van der Waals surface area (Å²) in [5.74, 6) is 0. The Morgan fingerprint density at radius 3 is 2.25 bits per heavy atom. The number of H-pyrrole nitrogens is 1.